The molecule has 0 aliphatic carbocycles. The monoisotopic (exact) mass is 305 g/mol. The van der Waals surface area contributed by atoms with Crippen molar-refractivity contribution in [1.82, 2.24) is 0 Å². The van der Waals surface area contributed by atoms with E-state index >= 15 is 0 Å². The number of hydrogen-bond donors (Lipinski definition) is 1. The summed E-state index contributed by atoms with van der Waals surface area (Å²) in [5, 5.41) is 11.1. The van der Waals surface area contributed by atoms with Crippen LogP contribution in [0.3, 0.4) is 0 Å². The lowest BCUT2D eigenvalue weighted by Gasteiger charge is -2.03. The number of benzene rings is 1. The van der Waals surface area contributed by atoms with Crippen molar-refractivity contribution in [2.24, 2.45) is 10.7 Å². The number of nitro groups is 1. The van der Waals surface area contributed by atoms with Crippen LogP contribution in [0.2, 0.25) is 0 Å². The molecule has 0 atom stereocenters. The first kappa shape index (κ1) is 12.9. The van der Waals surface area contributed by atoms with Gasteiger partial charge in [-0.2, -0.15) is 0 Å². The van der Waals surface area contributed by atoms with Gasteiger partial charge in [0.15, 0.2) is 0 Å². The van der Waals surface area contributed by atoms with Crippen LogP contribution in [0.5, 0.6) is 0 Å². The molecule has 7 heteroatoms. The molecule has 0 aliphatic heterocycles. The normalized spacial score (nSPS) is 11.5. The number of aliphatic imine (C=N–C) groups is 1. The number of amidine groups is 1. The topological polar surface area (TPSA) is 81.5 Å². The summed E-state index contributed by atoms with van der Waals surface area (Å²) in [5.74, 6) is 0.314. The molecule has 1 aromatic rings. The zero-order chi connectivity index (χ0) is 12.1. The third-order valence-corrected chi connectivity index (χ3v) is 2.69. The molecule has 2 N–H and O–H groups in total. The number of hydrogen-bond acceptors (Lipinski definition) is 3. The molecule has 86 valence electrons. The third-order valence-electron chi connectivity index (χ3n) is 1.86. The molecule has 0 aromatic heterocycles. The highest BCUT2D eigenvalue weighted by molar-refractivity contribution is 9.08. The van der Waals surface area contributed by atoms with E-state index in [1.165, 1.54) is 6.07 Å². The van der Waals surface area contributed by atoms with Gasteiger partial charge in [0.2, 0.25) is 0 Å². The van der Waals surface area contributed by atoms with Crippen LogP contribution in [0, 0.1) is 10.1 Å². The van der Waals surface area contributed by atoms with Gasteiger partial charge in [-0.15, -0.1) is 11.6 Å². The van der Waals surface area contributed by atoms with Crippen LogP contribution in [0.25, 0.3) is 0 Å². The van der Waals surface area contributed by atoms with Crippen LogP contribution in [-0.2, 0) is 5.33 Å². The summed E-state index contributed by atoms with van der Waals surface area (Å²) in [6.45, 7) is 0. The zero-order valence-electron chi connectivity index (χ0n) is 8.19. The largest absolute Gasteiger partial charge is 0.386 e. The van der Waals surface area contributed by atoms with Gasteiger partial charge in [-0.25, -0.2) is 4.99 Å². The molecule has 1 aromatic carbocycles. The van der Waals surface area contributed by atoms with Gasteiger partial charge in [0.05, 0.1) is 22.1 Å². The first-order chi connectivity index (χ1) is 7.60. The van der Waals surface area contributed by atoms with Gasteiger partial charge in [-0.05, 0) is 6.07 Å². The van der Waals surface area contributed by atoms with Crippen LogP contribution in [0.15, 0.2) is 23.2 Å². The molecule has 0 unspecified atom stereocenters. The van der Waals surface area contributed by atoms with E-state index in [9.17, 15) is 10.1 Å². The SMILES string of the molecule is NC(CCl)=Nc1cccc([N+](=O)[O-])c1CBr. The van der Waals surface area contributed by atoms with Crippen molar-refractivity contribution in [1.29, 1.82) is 0 Å². The lowest BCUT2D eigenvalue weighted by molar-refractivity contribution is -0.385. The van der Waals surface area contributed by atoms with Gasteiger partial charge in [0.1, 0.15) is 5.84 Å². The number of rotatable bonds is 4. The molecule has 0 amide bonds. The second kappa shape index (κ2) is 5.81. The minimum atomic E-state index is -0.452. The summed E-state index contributed by atoms with van der Waals surface area (Å²) in [6.07, 6.45) is 0. The smallest absolute Gasteiger partial charge is 0.275 e. The van der Waals surface area contributed by atoms with Crippen molar-refractivity contribution >= 4 is 44.7 Å². The first-order valence-electron chi connectivity index (χ1n) is 4.31. The van der Waals surface area contributed by atoms with E-state index in [0.29, 0.717) is 16.6 Å². The molecule has 0 saturated carbocycles. The van der Waals surface area contributed by atoms with E-state index < -0.39 is 4.92 Å². The lowest BCUT2D eigenvalue weighted by Crippen LogP contribution is -2.12. The molecule has 0 fully saturated rings. The van der Waals surface area contributed by atoms with Gasteiger partial charge < -0.3 is 5.73 Å². The average Bonchev–Trinajstić information content (AvgIpc) is 2.28. The Hall–Kier alpha value is -1.14. The van der Waals surface area contributed by atoms with E-state index in [1.54, 1.807) is 12.1 Å². The molecule has 0 spiro atoms. The van der Waals surface area contributed by atoms with E-state index in [1.807, 2.05) is 0 Å². The molecule has 0 bridgehead atoms. The van der Waals surface area contributed by atoms with Crippen molar-refractivity contribution in [3.63, 3.8) is 0 Å². The zero-order valence-corrected chi connectivity index (χ0v) is 10.5. The predicted octanol–water partition coefficient (Wildman–Crippen LogP) is 2.72. The minimum Gasteiger partial charge on any atom is -0.386 e. The van der Waals surface area contributed by atoms with Crippen LogP contribution in [0.4, 0.5) is 11.4 Å². The highest BCUT2D eigenvalue weighted by atomic mass is 79.9. The maximum Gasteiger partial charge on any atom is 0.275 e. The summed E-state index contributed by atoms with van der Waals surface area (Å²) >= 11 is 8.69. The first-order valence-corrected chi connectivity index (χ1v) is 5.97. The number of alkyl halides is 2. The molecule has 0 heterocycles. The number of nitrogens with zero attached hydrogens (tertiary/aromatic N) is 2. The molecular formula is C9H9BrClN3O2. The maximum atomic E-state index is 10.8. The van der Waals surface area contributed by atoms with Gasteiger partial charge in [-0.1, -0.05) is 22.0 Å². The Kier molecular flexibility index (Phi) is 4.70. The number of nitrogens with two attached hydrogens (primary N) is 1. The molecule has 0 radical (unpaired) electrons. The molecular weight excluding hydrogens is 297 g/mol. The van der Waals surface area contributed by atoms with E-state index in [4.69, 9.17) is 17.3 Å². The highest BCUT2D eigenvalue weighted by Gasteiger charge is 2.15. The number of halogens is 2. The van der Waals surface area contributed by atoms with Crippen LogP contribution in [-0.4, -0.2) is 16.6 Å². The summed E-state index contributed by atoms with van der Waals surface area (Å²) in [7, 11) is 0. The highest BCUT2D eigenvalue weighted by Crippen LogP contribution is 2.30. The Balaban J connectivity index is 3.29. The second-order valence-corrected chi connectivity index (χ2v) is 3.73. The summed E-state index contributed by atoms with van der Waals surface area (Å²) in [4.78, 5) is 14.3. The molecule has 5 nitrogen and oxygen atoms in total. The Bertz CT molecular complexity index is 437. The van der Waals surface area contributed by atoms with Crippen molar-refractivity contribution in [3.05, 3.63) is 33.9 Å². The average molecular weight is 307 g/mol. The van der Waals surface area contributed by atoms with E-state index in [-0.39, 0.29) is 17.4 Å². The summed E-state index contributed by atoms with van der Waals surface area (Å²) < 4.78 is 0. The summed E-state index contributed by atoms with van der Waals surface area (Å²) in [6, 6.07) is 4.64. The lowest BCUT2D eigenvalue weighted by atomic mass is 10.1. The van der Waals surface area contributed by atoms with Crippen molar-refractivity contribution in [2.75, 3.05) is 5.88 Å². The minimum absolute atomic E-state index is 0.0143. The fourth-order valence-electron chi connectivity index (χ4n) is 1.16. The standard InChI is InChI=1S/C9H9BrClN3O2/c10-4-6-7(13-9(12)5-11)2-1-3-8(6)14(15)16/h1-3H,4-5H2,(H2,12,13). The quantitative estimate of drug-likeness (QED) is 0.305. The van der Waals surface area contributed by atoms with Crippen molar-refractivity contribution in [2.45, 2.75) is 5.33 Å². The third kappa shape index (κ3) is 2.93. The Morgan fingerprint density at radius 3 is 2.81 bits per heavy atom. The summed E-state index contributed by atoms with van der Waals surface area (Å²) in [5.41, 5.74) is 6.45. The van der Waals surface area contributed by atoms with Gasteiger partial charge in [-0.3, -0.25) is 10.1 Å². The fraction of sp³-hybridized carbons (Fsp3) is 0.222. The van der Waals surface area contributed by atoms with E-state index in [2.05, 4.69) is 20.9 Å². The second-order valence-electron chi connectivity index (χ2n) is 2.90. The Morgan fingerprint density at radius 2 is 2.31 bits per heavy atom. The molecule has 0 aliphatic rings. The Labute approximate surface area is 106 Å². The van der Waals surface area contributed by atoms with Crippen LogP contribution < -0.4 is 5.73 Å². The van der Waals surface area contributed by atoms with Crippen LogP contribution >= 0.6 is 27.5 Å². The fourth-order valence-corrected chi connectivity index (χ4v) is 1.79. The van der Waals surface area contributed by atoms with Crippen molar-refractivity contribution in [3.8, 4) is 0 Å². The van der Waals surface area contributed by atoms with Gasteiger partial charge in [0.25, 0.3) is 5.69 Å². The maximum absolute atomic E-state index is 10.8. The van der Waals surface area contributed by atoms with Gasteiger partial charge >= 0.3 is 0 Å². The molecule has 16 heavy (non-hydrogen) atoms. The molecule has 0 saturated heterocycles. The molecule has 1 rings (SSSR count). The van der Waals surface area contributed by atoms with Gasteiger partial charge in [0, 0.05) is 11.4 Å². The Morgan fingerprint density at radius 1 is 1.62 bits per heavy atom. The number of nitro benzene ring substituents is 1. The van der Waals surface area contributed by atoms with Crippen LogP contribution in [0.1, 0.15) is 5.56 Å². The van der Waals surface area contributed by atoms with E-state index in [0.717, 1.165) is 0 Å². The van der Waals surface area contributed by atoms with Crippen molar-refractivity contribution < 1.29 is 4.92 Å². The predicted molar refractivity (Wildman–Crippen MR) is 67.7 cm³/mol.